The highest BCUT2D eigenvalue weighted by atomic mass is 32.1. The van der Waals surface area contributed by atoms with E-state index >= 15 is 0 Å². The third-order valence-electron chi connectivity index (χ3n) is 3.68. The average molecular weight is 382 g/mol. The fraction of sp³-hybridized carbons (Fsp3) is 0.200. The number of aryl methyl sites for hydroxylation is 1. The first kappa shape index (κ1) is 18.7. The first-order chi connectivity index (χ1) is 13.1. The minimum absolute atomic E-state index is 0.478. The summed E-state index contributed by atoms with van der Waals surface area (Å²) in [6.45, 7) is 5.05. The Hall–Kier alpha value is -3.06. The predicted molar refractivity (Wildman–Crippen MR) is 111 cm³/mol. The van der Waals surface area contributed by atoms with Gasteiger partial charge in [0.2, 0.25) is 5.13 Å². The number of hydrogen-bond acceptors (Lipinski definition) is 7. The summed E-state index contributed by atoms with van der Waals surface area (Å²) < 4.78 is 11.7. The lowest BCUT2D eigenvalue weighted by molar-refractivity contribution is 0.269. The highest BCUT2D eigenvalue weighted by Crippen LogP contribution is 2.29. The Morgan fingerprint density at radius 1 is 1.15 bits per heavy atom. The quantitative estimate of drug-likeness (QED) is 0.444. The van der Waals surface area contributed by atoms with Gasteiger partial charge in [0.15, 0.2) is 11.5 Å². The molecule has 2 aromatic carbocycles. The Morgan fingerprint density at radius 3 is 2.67 bits per heavy atom. The highest BCUT2D eigenvalue weighted by Gasteiger charge is 2.07. The highest BCUT2D eigenvalue weighted by molar-refractivity contribution is 7.14. The number of hydrazone groups is 1. The van der Waals surface area contributed by atoms with Crippen molar-refractivity contribution in [2.75, 3.05) is 17.8 Å². The summed E-state index contributed by atoms with van der Waals surface area (Å²) in [6.07, 6.45) is 1.70. The molecule has 1 heterocycles. The first-order valence-corrected chi connectivity index (χ1v) is 9.47. The summed E-state index contributed by atoms with van der Waals surface area (Å²) in [5.41, 5.74) is 11.7. The second kappa shape index (κ2) is 9.05. The number of hydrogen-bond donors (Lipinski definition) is 2. The van der Waals surface area contributed by atoms with Gasteiger partial charge < -0.3 is 15.2 Å². The second-order valence-corrected chi connectivity index (χ2v) is 6.72. The number of anilines is 2. The molecule has 0 saturated carbocycles. The van der Waals surface area contributed by atoms with Gasteiger partial charge in [-0.2, -0.15) is 5.10 Å². The van der Waals surface area contributed by atoms with Crippen LogP contribution in [0.1, 0.15) is 23.6 Å². The summed E-state index contributed by atoms with van der Waals surface area (Å²) in [6, 6.07) is 14.0. The molecule has 3 N–H and O–H groups in total. The number of ether oxygens (including phenoxy) is 2. The minimum atomic E-state index is 0.478. The minimum Gasteiger partial charge on any atom is -0.490 e. The van der Waals surface area contributed by atoms with Crippen LogP contribution in [0.5, 0.6) is 11.5 Å². The van der Waals surface area contributed by atoms with E-state index in [1.54, 1.807) is 11.6 Å². The van der Waals surface area contributed by atoms with Crippen molar-refractivity contribution in [1.82, 2.24) is 4.98 Å². The molecule has 140 valence electrons. The summed E-state index contributed by atoms with van der Waals surface area (Å²) in [7, 11) is 0. The molecule has 7 heteroatoms. The fourth-order valence-electron chi connectivity index (χ4n) is 2.34. The van der Waals surface area contributed by atoms with Crippen LogP contribution >= 0.6 is 11.3 Å². The lowest BCUT2D eigenvalue weighted by Gasteiger charge is -2.12. The number of rotatable bonds is 8. The fourth-order valence-corrected chi connectivity index (χ4v) is 2.89. The number of nitrogen functional groups attached to an aromatic ring is 1. The van der Waals surface area contributed by atoms with Crippen LogP contribution in [-0.4, -0.2) is 17.8 Å². The Kier molecular flexibility index (Phi) is 6.27. The molecule has 0 saturated heterocycles. The van der Waals surface area contributed by atoms with E-state index in [1.165, 1.54) is 16.9 Å². The topological polar surface area (TPSA) is 81.8 Å². The summed E-state index contributed by atoms with van der Waals surface area (Å²) >= 11 is 1.40. The van der Waals surface area contributed by atoms with E-state index in [0.29, 0.717) is 35.7 Å². The van der Waals surface area contributed by atoms with Gasteiger partial charge in [-0.15, -0.1) is 11.3 Å². The summed E-state index contributed by atoms with van der Waals surface area (Å²) in [5.74, 6) is 1.87. The Bertz CT molecular complexity index is 907. The number of benzene rings is 2. The third-order valence-corrected chi connectivity index (χ3v) is 4.44. The lowest BCUT2D eigenvalue weighted by Crippen LogP contribution is -2.00. The van der Waals surface area contributed by atoms with Crippen LogP contribution in [0.25, 0.3) is 0 Å². The van der Waals surface area contributed by atoms with Crippen LogP contribution in [-0.2, 0) is 6.61 Å². The van der Waals surface area contributed by atoms with Crippen molar-refractivity contribution in [2.45, 2.75) is 20.5 Å². The van der Waals surface area contributed by atoms with Crippen molar-refractivity contribution in [3.63, 3.8) is 0 Å². The molecule has 3 rings (SSSR count). The summed E-state index contributed by atoms with van der Waals surface area (Å²) in [4.78, 5) is 4.09. The SMILES string of the molecule is CCOc1cc(C=NNc2nc(N)cs2)ccc1OCc1ccc(C)cc1. The van der Waals surface area contributed by atoms with Crippen LogP contribution in [0.2, 0.25) is 0 Å². The molecule has 0 atom stereocenters. The van der Waals surface area contributed by atoms with Gasteiger partial charge in [0, 0.05) is 5.38 Å². The molecule has 6 nitrogen and oxygen atoms in total. The van der Waals surface area contributed by atoms with Crippen molar-refractivity contribution in [2.24, 2.45) is 5.10 Å². The molecule has 0 aliphatic carbocycles. The predicted octanol–water partition coefficient (Wildman–Crippen LogP) is 4.46. The monoisotopic (exact) mass is 382 g/mol. The van der Waals surface area contributed by atoms with E-state index in [0.717, 1.165) is 11.1 Å². The van der Waals surface area contributed by atoms with E-state index in [9.17, 15) is 0 Å². The Labute approximate surface area is 162 Å². The number of nitrogens with one attached hydrogen (secondary N) is 1. The number of aromatic nitrogens is 1. The van der Waals surface area contributed by atoms with Crippen LogP contribution < -0.4 is 20.6 Å². The van der Waals surface area contributed by atoms with E-state index in [4.69, 9.17) is 15.2 Å². The molecule has 1 aromatic heterocycles. The van der Waals surface area contributed by atoms with Crippen LogP contribution in [0.3, 0.4) is 0 Å². The largest absolute Gasteiger partial charge is 0.490 e. The molecule has 0 bridgehead atoms. The van der Waals surface area contributed by atoms with Gasteiger partial charge in [0.1, 0.15) is 12.4 Å². The van der Waals surface area contributed by atoms with Gasteiger partial charge in [-0.3, -0.25) is 5.43 Å². The van der Waals surface area contributed by atoms with Gasteiger partial charge in [0.25, 0.3) is 0 Å². The molecule has 27 heavy (non-hydrogen) atoms. The maximum Gasteiger partial charge on any atom is 0.205 e. The second-order valence-electron chi connectivity index (χ2n) is 5.86. The standard InChI is InChI=1S/C20H22N4O2S/c1-3-25-18-10-16(11-22-24-20-23-19(21)13-27-20)8-9-17(18)26-12-15-6-4-14(2)5-7-15/h4-11,13H,3,12,21H2,1-2H3,(H,23,24). The number of thiazole rings is 1. The van der Waals surface area contributed by atoms with Crippen molar-refractivity contribution in [1.29, 1.82) is 0 Å². The van der Waals surface area contributed by atoms with Crippen molar-refractivity contribution in [3.8, 4) is 11.5 Å². The van der Waals surface area contributed by atoms with Crippen molar-refractivity contribution < 1.29 is 9.47 Å². The molecule has 3 aromatic rings. The van der Waals surface area contributed by atoms with E-state index in [2.05, 4.69) is 46.7 Å². The molecule has 0 unspecified atom stereocenters. The Balaban J connectivity index is 1.66. The van der Waals surface area contributed by atoms with Crippen molar-refractivity contribution >= 4 is 28.5 Å². The van der Waals surface area contributed by atoms with E-state index < -0.39 is 0 Å². The van der Waals surface area contributed by atoms with Gasteiger partial charge in [0.05, 0.1) is 12.8 Å². The number of nitrogens with zero attached hydrogens (tertiary/aromatic N) is 2. The molecule has 0 radical (unpaired) electrons. The van der Waals surface area contributed by atoms with E-state index in [-0.39, 0.29) is 0 Å². The maximum atomic E-state index is 5.94. The van der Waals surface area contributed by atoms with Crippen LogP contribution in [0.15, 0.2) is 52.9 Å². The molecular weight excluding hydrogens is 360 g/mol. The lowest BCUT2D eigenvalue weighted by atomic mass is 10.2. The average Bonchev–Trinajstić information content (AvgIpc) is 3.08. The van der Waals surface area contributed by atoms with Gasteiger partial charge in [-0.25, -0.2) is 4.98 Å². The zero-order valence-corrected chi connectivity index (χ0v) is 16.1. The number of nitrogens with two attached hydrogens (primary N) is 1. The molecule has 0 aliphatic rings. The first-order valence-electron chi connectivity index (χ1n) is 8.59. The van der Waals surface area contributed by atoms with Crippen LogP contribution in [0, 0.1) is 6.92 Å². The van der Waals surface area contributed by atoms with Gasteiger partial charge in [-0.1, -0.05) is 29.8 Å². The zero-order chi connectivity index (χ0) is 19.1. The smallest absolute Gasteiger partial charge is 0.205 e. The molecule has 0 fully saturated rings. The van der Waals surface area contributed by atoms with Crippen molar-refractivity contribution in [3.05, 3.63) is 64.5 Å². The summed E-state index contributed by atoms with van der Waals surface area (Å²) in [5, 5.41) is 6.58. The molecule has 0 aliphatic heterocycles. The van der Waals surface area contributed by atoms with E-state index in [1.807, 2.05) is 25.1 Å². The Morgan fingerprint density at radius 2 is 1.96 bits per heavy atom. The maximum absolute atomic E-state index is 5.94. The molecule has 0 spiro atoms. The van der Waals surface area contributed by atoms with Gasteiger partial charge in [-0.05, 0) is 43.2 Å². The van der Waals surface area contributed by atoms with Crippen LogP contribution in [0.4, 0.5) is 10.9 Å². The normalized spacial score (nSPS) is 10.9. The zero-order valence-electron chi connectivity index (χ0n) is 15.3. The molecular formula is C20H22N4O2S. The third kappa shape index (κ3) is 5.46. The molecule has 0 amide bonds. The van der Waals surface area contributed by atoms with Gasteiger partial charge >= 0.3 is 0 Å².